The van der Waals surface area contributed by atoms with E-state index >= 15 is 0 Å². The van der Waals surface area contributed by atoms with E-state index in [1.54, 1.807) is 0 Å². The molecule has 1 heterocycles. The Morgan fingerprint density at radius 1 is 0.281 bits per heavy atom. The van der Waals surface area contributed by atoms with Crippen molar-refractivity contribution >= 4 is 60.5 Å². The highest BCUT2D eigenvalue weighted by Gasteiger charge is 2.21. The molecule has 300 valence electrons. The predicted octanol–water partition coefficient (Wildman–Crippen LogP) is 17.7. The molecule has 11 aromatic carbocycles. The molecule has 2 nitrogen and oxygen atoms in total. The Kier molecular flexibility index (Phi) is 9.20. The SMILES string of the molecule is c1ccc(-c2cc(-c3ccccc3)cc(-c3ccc(N(c4ccc(-c5ccc6ccccc6c5)cc4)c4ccccc4-c4cccc5oc6c7ccccc7ccc6c45)cc3)c2)cc1. The average molecular weight is 816 g/mol. The fraction of sp³-hybridized carbons (Fsp3) is 0. The van der Waals surface area contributed by atoms with Gasteiger partial charge in [-0.1, -0.05) is 182 Å². The highest BCUT2D eigenvalue weighted by atomic mass is 16.3. The van der Waals surface area contributed by atoms with Crippen molar-refractivity contribution in [2.75, 3.05) is 4.90 Å². The third-order valence-electron chi connectivity index (χ3n) is 12.6. The first-order valence-corrected chi connectivity index (χ1v) is 21.9. The van der Waals surface area contributed by atoms with Crippen LogP contribution in [0.15, 0.2) is 253 Å². The van der Waals surface area contributed by atoms with E-state index in [4.69, 9.17) is 4.42 Å². The van der Waals surface area contributed by atoms with Crippen molar-refractivity contribution in [3.05, 3.63) is 249 Å². The summed E-state index contributed by atoms with van der Waals surface area (Å²) < 4.78 is 6.69. The second-order valence-electron chi connectivity index (χ2n) is 16.5. The molecule has 2 heteroatoms. The number of hydrogen-bond donors (Lipinski definition) is 0. The molecule has 0 N–H and O–H groups in total. The molecule has 0 saturated heterocycles. The number of para-hydroxylation sites is 1. The van der Waals surface area contributed by atoms with Crippen LogP contribution >= 0.6 is 0 Å². The molecule has 1 aromatic heterocycles. The minimum atomic E-state index is 0.877. The van der Waals surface area contributed by atoms with Gasteiger partial charge in [0.05, 0.1) is 5.69 Å². The van der Waals surface area contributed by atoms with Gasteiger partial charge >= 0.3 is 0 Å². The van der Waals surface area contributed by atoms with Crippen LogP contribution in [0.1, 0.15) is 0 Å². The monoisotopic (exact) mass is 815 g/mol. The molecule has 0 aliphatic carbocycles. The lowest BCUT2D eigenvalue weighted by Gasteiger charge is -2.28. The second-order valence-corrected chi connectivity index (χ2v) is 16.5. The zero-order valence-electron chi connectivity index (χ0n) is 35.0. The normalized spacial score (nSPS) is 11.4. The molecule has 0 radical (unpaired) electrons. The van der Waals surface area contributed by atoms with Gasteiger partial charge < -0.3 is 9.32 Å². The number of fused-ring (bicyclic) bond motifs is 6. The molecule has 12 aromatic rings. The van der Waals surface area contributed by atoms with E-state index in [2.05, 4.69) is 254 Å². The second kappa shape index (κ2) is 15.8. The Labute approximate surface area is 372 Å². The first kappa shape index (κ1) is 37.3. The average Bonchev–Trinajstić information content (AvgIpc) is 3.77. The summed E-state index contributed by atoms with van der Waals surface area (Å²) >= 11 is 0. The summed E-state index contributed by atoms with van der Waals surface area (Å²) in [6.45, 7) is 0. The zero-order chi connectivity index (χ0) is 42.4. The van der Waals surface area contributed by atoms with E-state index in [1.165, 1.54) is 55.1 Å². The van der Waals surface area contributed by atoms with Gasteiger partial charge in [0.2, 0.25) is 0 Å². The molecule has 0 unspecified atom stereocenters. The van der Waals surface area contributed by atoms with Crippen LogP contribution in [0.25, 0.3) is 99.1 Å². The fourth-order valence-corrected chi connectivity index (χ4v) is 9.47. The summed E-state index contributed by atoms with van der Waals surface area (Å²) in [6.07, 6.45) is 0. The molecule has 64 heavy (non-hydrogen) atoms. The lowest BCUT2D eigenvalue weighted by atomic mass is 9.93. The van der Waals surface area contributed by atoms with Gasteiger partial charge in [0, 0.05) is 33.1 Å². The van der Waals surface area contributed by atoms with Gasteiger partial charge in [0.1, 0.15) is 11.2 Å². The van der Waals surface area contributed by atoms with Crippen molar-refractivity contribution in [3.8, 4) is 55.6 Å². The smallest absolute Gasteiger partial charge is 0.143 e. The highest BCUT2D eigenvalue weighted by Crippen LogP contribution is 2.46. The Hall–Kier alpha value is -8.46. The maximum absolute atomic E-state index is 6.69. The Morgan fingerprint density at radius 2 is 0.781 bits per heavy atom. The van der Waals surface area contributed by atoms with E-state index in [-0.39, 0.29) is 0 Å². The third kappa shape index (κ3) is 6.70. The number of benzene rings is 11. The lowest BCUT2D eigenvalue weighted by molar-refractivity contribution is 0.673. The van der Waals surface area contributed by atoms with E-state index in [0.29, 0.717) is 0 Å². The maximum Gasteiger partial charge on any atom is 0.143 e. The number of anilines is 3. The predicted molar refractivity (Wildman–Crippen MR) is 271 cm³/mol. The summed E-state index contributed by atoms with van der Waals surface area (Å²) in [7, 11) is 0. The van der Waals surface area contributed by atoms with Crippen LogP contribution in [0.5, 0.6) is 0 Å². The van der Waals surface area contributed by atoms with E-state index in [9.17, 15) is 0 Å². The number of nitrogens with zero attached hydrogens (tertiary/aromatic N) is 1. The Morgan fingerprint density at radius 3 is 1.45 bits per heavy atom. The first-order valence-electron chi connectivity index (χ1n) is 21.9. The molecule has 0 fully saturated rings. The van der Waals surface area contributed by atoms with Crippen LogP contribution in [0.2, 0.25) is 0 Å². The van der Waals surface area contributed by atoms with Crippen LogP contribution < -0.4 is 4.90 Å². The van der Waals surface area contributed by atoms with Gasteiger partial charge in [-0.25, -0.2) is 0 Å². The summed E-state index contributed by atoms with van der Waals surface area (Å²) in [5.74, 6) is 0. The van der Waals surface area contributed by atoms with Crippen LogP contribution in [-0.2, 0) is 0 Å². The van der Waals surface area contributed by atoms with Crippen molar-refractivity contribution in [1.82, 2.24) is 0 Å². The molecule has 0 saturated carbocycles. The molecular formula is C62H41NO. The van der Waals surface area contributed by atoms with E-state index < -0.39 is 0 Å². The van der Waals surface area contributed by atoms with Gasteiger partial charge in [-0.15, -0.1) is 0 Å². The van der Waals surface area contributed by atoms with Crippen molar-refractivity contribution in [1.29, 1.82) is 0 Å². The van der Waals surface area contributed by atoms with Crippen LogP contribution in [0, 0.1) is 0 Å². The van der Waals surface area contributed by atoms with Crippen molar-refractivity contribution in [3.63, 3.8) is 0 Å². The van der Waals surface area contributed by atoms with Crippen molar-refractivity contribution in [2.45, 2.75) is 0 Å². The van der Waals surface area contributed by atoms with Crippen LogP contribution in [0.3, 0.4) is 0 Å². The Balaban J connectivity index is 1.01. The third-order valence-corrected chi connectivity index (χ3v) is 12.6. The summed E-state index contributed by atoms with van der Waals surface area (Å²) in [6, 6.07) is 89.7. The number of hydrogen-bond acceptors (Lipinski definition) is 2. The van der Waals surface area contributed by atoms with E-state index in [0.717, 1.165) is 61.1 Å². The van der Waals surface area contributed by atoms with Gasteiger partial charge in [-0.05, 0) is 133 Å². The number of rotatable bonds is 8. The van der Waals surface area contributed by atoms with Crippen LogP contribution in [0.4, 0.5) is 17.1 Å². The minimum Gasteiger partial charge on any atom is -0.455 e. The molecule has 12 rings (SSSR count). The molecule has 0 aliphatic rings. The molecular weight excluding hydrogens is 775 g/mol. The zero-order valence-corrected chi connectivity index (χ0v) is 35.0. The summed E-state index contributed by atoms with van der Waals surface area (Å²) in [5, 5.41) is 6.99. The quantitative estimate of drug-likeness (QED) is 0.152. The fourth-order valence-electron chi connectivity index (χ4n) is 9.47. The topological polar surface area (TPSA) is 16.4 Å². The largest absolute Gasteiger partial charge is 0.455 e. The highest BCUT2D eigenvalue weighted by molar-refractivity contribution is 6.19. The van der Waals surface area contributed by atoms with Crippen LogP contribution in [-0.4, -0.2) is 0 Å². The standard InChI is InChI=1S/C62H41NO/c1-3-14-42(15-4-1)50-39-51(43-16-5-2-6-17-43)41-52(40-50)46-30-35-54(36-31-46)63(53-33-28-45(29-34-53)49-27-26-44-18-7-8-20-48(44)38-49)59-24-12-11-22-56(59)57-23-13-25-60-61(57)58-37-32-47-19-9-10-21-55(47)62(58)64-60/h1-41H. The minimum absolute atomic E-state index is 0.877. The van der Waals surface area contributed by atoms with E-state index in [1.807, 2.05) is 0 Å². The van der Waals surface area contributed by atoms with Crippen molar-refractivity contribution in [2.24, 2.45) is 0 Å². The molecule has 0 atom stereocenters. The van der Waals surface area contributed by atoms with Gasteiger partial charge in [-0.2, -0.15) is 0 Å². The van der Waals surface area contributed by atoms with Gasteiger partial charge in [0.25, 0.3) is 0 Å². The lowest BCUT2D eigenvalue weighted by Crippen LogP contribution is -2.11. The van der Waals surface area contributed by atoms with Gasteiger partial charge in [-0.3, -0.25) is 0 Å². The maximum atomic E-state index is 6.69. The first-order chi connectivity index (χ1) is 31.7. The summed E-state index contributed by atoms with van der Waals surface area (Å²) in [4.78, 5) is 2.40. The molecule has 0 spiro atoms. The molecule has 0 aliphatic heterocycles. The van der Waals surface area contributed by atoms with Gasteiger partial charge in [0.15, 0.2) is 0 Å². The molecule has 0 amide bonds. The summed E-state index contributed by atoms with van der Waals surface area (Å²) in [5.41, 5.74) is 16.7. The Bertz CT molecular complexity index is 3590. The molecule has 0 bridgehead atoms. The van der Waals surface area contributed by atoms with Crippen molar-refractivity contribution < 1.29 is 4.42 Å². The number of furan rings is 1.